The van der Waals surface area contributed by atoms with Gasteiger partial charge in [0.15, 0.2) is 13.1 Å². The average molecular weight is 675 g/mol. The molecule has 4 aliphatic rings. The molecule has 0 aromatic heterocycles. The minimum atomic E-state index is -0.204. The largest absolute Gasteiger partial charge is 0.494 e. The van der Waals surface area contributed by atoms with Gasteiger partial charge in [-0.3, -0.25) is 0 Å². The highest BCUT2D eigenvalue weighted by atomic mass is 16.5. The summed E-state index contributed by atoms with van der Waals surface area (Å²) < 4.78 is 19.9. The summed E-state index contributed by atoms with van der Waals surface area (Å²) in [6, 6.07) is 8.63. The highest BCUT2D eigenvalue weighted by molar-refractivity contribution is 6.10. The van der Waals surface area contributed by atoms with E-state index in [1.807, 2.05) is 0 Å². The van der Waals surface area contributed by atoms with Crippen LogP contribution in [0.15, 0.2) is 71.1 Å². The van der Waals surface area contributed by atoms with Crippen molar-refractivity contribution in [2.75, 3.05) is 55.8 Å². The van der Waals surface area contributed by atoms with Crippen LogP contribution in [-0.2, 0) is 15.6 Å². The van der Waals surface area contributed by atoms with Crippen molar-refractivity contribution < 1.29 is 18.8 Å². The van der Waals surface area contributed by atoms with E-state index in [1.54, 1.807) is 0 Å². The molecule has 6 heteroatoms. The third-order valence-corrected chi connectivity index (χ3v) is 11.1. The topological polar surface area (TPSA) is 37.2 Å². The summed E-state index contributed by atoms with van der Waals surface area (Å²) in [5.74, 6) is 1.69. The highest BCUT2D eigenvalue weighted by Gasteiger charge is 2.42. The number of fused-ring (bicyclic) bond motifs is 2. The van der Waals surface area contributed by atoms with Crippen molar-refractivity contribution in [1.29, 1.82) is 0 Å². The molecule has 0 unspecified atom stereocenters. The molecule has 2 aromatic carbocycles. The summed E-state index contributed by atoms with van der Waals surface area (Å²) in [4.78, 5) is 4.98. The highest BCUT2D eigenvalue weighted by Crippen LogP contribution is 2.52. The first kappa shape index (κ1) is 35.6. The Hall–Kier alpha value is -4.21. The number of hydrogen-bond acceptors (Lipinski definition) is 5. The molecule has 1 saturated carbocycles. The van der Waals surface area contributed by atoms with E-state index in [-0.39, 0.29) is 10.8 Å². The molecule has 0 atom stereocenters. The lowest BCUT2D eigenvalue weighted by atomic mass is 9.81. The van der Waals surface area contributed by atoms with Gasteiger partial charge in [-0.1, -0.05) is 46.3 Å². The molecule has 2 aromatic rings. The van der Waals surface area contributed by atoms with E-state index < -0.39 is 0 Å². The van der Waals surface area contributed by atoms with Crippen LogP contribution >= 0.6 is 0 Å². The molecule has 0 spiro atoms. The zero-order valence-electron chi connectivity index (χ0n) is 31.8. The molecule has 2 fully saturated rings. The Morgan fingerprint density at radius 3 is 1.76 bits per heavy atom. The van der Waals surface area contributed by atoms with Crippen LogP contribution in [0.1, 0.15) is 90.0 Å². The number of nitrogens with zero attached hydrogens (tertiary/aromatic N) is 3. The van der Waals surface area contributed by atoms with Crippen LogP contribution in [-0.4, -0.2) is 56.3 Å². The van der Waals surface area contributed by atoms with Crippen LogP contribution < -0.4 is 19.3 Å². The van der Waals surface area contributed by atoms with Crippen LogP contribution in [0.25, 0.3) is 0 Å². The number of ether oxygens (including phenoxy) is 3. The Morgan fingerprint density at radius 1 is 0.780 bits per heavy atom. The number of benzene rings is 2. The molecule has 1 aliphatic carbocycles. The third kappa shape index (κ3) is 6.19. The Kier molecular flexibility index (Phi) is 10.1. The zero-order chi connectivity index (χ0) is 35.8. The first-order valence-corrected chi connectivity index (χ1v) is 18.6. The van der Waals surface area contributed by atoms with Gasteiger partial charge in [0.1, 0.15) is 30.8 Å². The number of anilines is 2. The first-order chi connectivity index (χ1) is 24.0. The van der Waals surface area contributed by atoms with E-state index in [0.717, 1.165) is 70.2 Å². The summed E-state index contributed by atoms with van der Waals surface area (Å²) in [6.45, 7) is 26.1. The molecule has 0 N–H and O–H groups in total. The van der Waals surface area contributed by atoms with Crippen molar-refractivity contribution >= 4 is 17.1 Å². The molecule has 3 heterocycles. The predicted octanol–water partition coefficient (Wildman–Crippen LogP) is 8.90. The first-order valence-electron chi connectivity index (χ1n) is 18.6. The van der Waals surface area contributed by atoms with Crippen molar-refractivity contribution in [3.8, 4) is 24.0 Å². The molecule has 3 aliphatic heterocycles. The molecule has 0 bridgehead atoms. The zero-order valence-corrected chi connectivity index (χ0v) is 31.8. The van der Waals surface area contributed by atoms with Gasteiger partial charge in [-0.05, 0) is 113 Å². The molecule has 6 nitrogen and oxygen atoms in total. The van der Waals surface area contributed by atoms with E-state index in [2.05, 4.69) is 131 Å². The minimum absolute atomic E-state index is 0.146. The van der Waals surface area contributed by atoms with E-state index in [9.17, 15) is 0 Å². The lowest BCUT2D eigenvalue weighted by Gasteiger charge is -2.27. The van der Waals surface area contributed by atoms with Crippen LogP contribution in [0, 0.1) is 26.4 Å². The smallest absolute Gasteiger partial charge is 0.206 e. The average Bonchev–Trinajstić information content (AvgIpc) is 3.45. The summed E-state index contributed by atoms with van der Waals surface area (Å²) in [5.41, 5.74) is 14.1. The Morgan fingerprint density at radius 2 is 1.28 bits per heavy atom. The van der Waals surface area contributed by atoms with Gasteiger partial charge in [-0.15, -0.1) is 0 Å². The summed E-state index contributed by atoms with van der Waals surface area (Å²) in [5, 5.41) is 0. The number of hydrogen-bond donors (Lipinski definition) is 0. The quantitative estimate of drug-likeness (QED) is 0.217. The fourth-order valence-corrected chi connectivity index (χ4v) is 8.77. The maximum absolute atomic E-state index is 5.99. The standard InChI is InChI=1S/C44H56N3O3/c1-11-46-38(43(7,8)36-28-34(49-13-3)26-30(5)40(36)46)20-18-32-16-15-17-33(42(32)45-22-24-48-25-23-45)19-21-39-44(9,10)37-29-35(50-14-4)27-31(6)41(37)47(39)12-2/h3,18-21,26-29H,11-12,14-17,22-25H2,1-2,4-10H3/q+1. The molecule has 1 saturated heterocycles. The van der Waals surface area contributed by atoms with Crippen molar-refractivity contribution in [3.05, 3.63) is 93.4 Å². The maximum atomic E-state index is 5.99. The van der Waals surface area contributed by atoms with E-state index in [0.29, 0.717) is 6.61 Å². The minimum Gasteiger partial charge on any atom is -0.494 e. The molecule has 50 heavy (non-hydrogen) atoms. The van der Waals surface area contributed by atoms with Gasteiger partial charge in [0.2, 0.25) is 5.71 Å². The van der Waals surface area contributed by atoms with E-state index in [1.165, 1.54) is 61.9 Å². The molecule has 264 valence electrons. The number of terminal acetylenes is 1. The van der Waals surface area contributed by atoms with Crippen molar-refractivity contribution in [2.45, 2.75) is 92.4 Å². The van der Waals surface area contributed by atoms with Gasteiger partial charge in [0.05, 0.1) is 6.61 Å². The second-order valence-corrected chi connectivity index (χ2v) is 15.0. The SMILES string of the molecule is C#COc1cc(C)c2c(c1)C(C)(C)C(=CC=C1CCCC(=CC=C3N(CC)c4c(C)cc(OCC)cc4C3(C)C)C1=[N+]1CCOCC1)N2CC. The lowest BCUT2D eigenvalue weighted by molar-refractivity contribution is -0.548. The van der Waals surface area contributed by atoms with Crippen LogP contribution in [0.4, 0.5) is 11.4 Å². The van der Waals surface area contributed by atoms with Gasteiger partial charge in [-0.25, -0.2) is 4.58 Å². The van der Waals surface area contributed by atoms with Crippen LogP contribution in [0.5, 0.6) is 11.5 Å². The Bertz CT molecular complexity index is 1850. The predicted molar refractivity (Wildman–Crippen MR) is 207 cm³/mol. The summed E-state index contributed by atoms with van der Waals surface area (Å²) in [7, 11) is 0. The van der Waals surface area contributed by atoms with Crippen molar-refractivity contribution in [2.24, 2.45) is 0 Å². The fourth-order valence-electron chi connectivity index (χ4n) is 8.77. The molecule has 0 amide bonds. The second kappa shape index (κ2) is 14.2. The third-order valence-electron chi connectivity index (χ3n) is 11.1. The fraction of sp³-hybridized carbons (Fsp3) is 0.477. The number of allylic oxidation sites excluding steroid dienone is 8. The van der Waals surface area contributed by atoms with Crippen molar-refractivity contribution in [3.63, 3.8) is 0 Å². The number of morpholine rings is 1. The van der Waals surface area contributed by atoms with Gasteiger partial charge in [0.25, 0.3) is 0 Å². The molecular formula is C44H56N3O3+. The number of aryl methyl sites for hydroxylation is 2. The monoisotopic (exact) mass is 674 g/mol. The van der Waals surface area contributed by atoms with Crippen LogP contribution in [0.2, 0.25) is 0 Å². The van der Waals surface area contributed by atoms with Gasteiger partial charge in [-0.2, -0.15) is 0 Å². The second-order valence-electron chi connectivity index (χ2n) is 15.0. The molecular weight excluding hydrogens is 619 g/mol. The summed E-state index contributed by atoms with van der Waals surface area (Å²) >= 11 is 0. The molecule has 6 rings (SSSR count). The maximum Gasteiger partial charge on any atom is 0.206 e. The Labute approximate surface area is 300 Å². The van der Waals surface area contributed by atoms with Crippen LogP contribution in [0.3, 0.4) is 0 Å². The van der Waals surface area contributed by atoms with E-state index >= 15 is 0 Å². The number of rotatable bonds is 7. The van der Waals surface area contributed by atoms with Gasteiger partial charge in [0, 0.05) is 57.8 Å². The number of likely N-dealkylation sites (N-methyl/N-ethyl adjacent to an activating group) is 2. The van der Waals surface area contributed by atoms with Gasteiger partial charge >= 0.3 is 0 Å². The van der Waals surface area contributed by atoms with E-state index in [4.69, 9.17) is 20.6 Å². The van der Waals surface area contributed by atoms with Crippen molar-refractivity contribution in [1.82, 2.24) is 0 Å². The lowest BCUT2D eigenvalue weighted by Crippen LogP contribution is -2.36. The van der Waals surface area contributed by atoms with Gasteiger partial charge < -0.3 is 24.0 Å². The normalized spacial score (nSPS) is 22.8. The Balaban J connectivity index is 1.43. The molecule has 0 radical (unpaired) electrons. The summed E-state index contributed by atoms with van der Waals surface area (Å²) in [6.07, 6.45) is 20.8.